The minimum absolute atomic E-state index is 0.0607. The number of hydrogen-bond donors (Lipinski definition) is 1. The molecule has 0 saturated heterocycles. The number of aromatic nitrogens is 2. The molecule has 1 aromatic rings. The first-order valence-corrected chi connectivity index (χ1v) is 6.65. The van der Waals surface area contributed by atoms with Gasteiger partial charge in [0.25, 0.3) is 0 Å². The number of ether oxygens (including phenoxy) is 1. The van der Waals surface area contributed by atoms with E-state index in [4.69, 9.17) is 16.3 Å². The fraction of sp³-hybridized carbons (Fsp3) is 0.636. The molecule has 2 unspecified atom stereocenters. The molecule has 1 saturated carbocycles. The van der Waals surface area contributed by atoms with Crippen LogP contribution in [0.5, 0.6) is 5.88 Å². The Morgan fingerprint density at radius 1 is 1.59 bits per heavy atom. The molecule has 94 valence electrons. The summed E-state index contributed by atoms with van der Waals surface area (Å²) in [6, 6.07) is 0.302. The number of hydrogen-bond acceptors (Lipinski definition) is 4. The van der Waals surface area contributed by atoms with Crippen molar-refractivity contribution in [3.05, 3.63) is 10.7 Å². The molecule has 2 atom stereocenters. The van der Waals surface area contributed by atoms with Crippen molar-refractivity contribution in [3.8, 4) is 5.88 Å². The second kappa shape index (κ2) is 4.61. The summed E-state index contributed by atoms with van der Waals surface area (Å²) in [5.74, 6) is 1.11. The number of anilines is 1. The predicted molar refractivity (Wildman–Crippen MR) is 71.7 cm³/mol. The molecular weight excluding hydrogens is 305 g/mol. The molecule has 1 N–H and O–H groups in total. The van der Waals surface area contributed by atoms with Crippen LogP contribution in [0.25, 0.3) is 0 Å². The summed E-state index contributed by atoms with van der Waals surface area (Å²) in [6.45, 7) is 4.28. The molecule has 0 bridgehead atoms. The fourth-order valence-corrected chi connectivity index (χ4v) is 2.52. The topological polar surface area (TPSA) is 47.0 Å². The monoisotopic (exact) mass is 319 g/mol. The fourth-order valence-electron chi connectivity index (χ4n) is 1.84. The average Bonchev–Trinajstić information content (AvgIpc) is 2.31. The van der Waals surface area contributed by atoms with Crippen LogP contribution in [0.15, 0.2) is 10.7 Å². The minimum Gasteiger partial charge on any atom is -0.480 e. The van der Waals surface area contributed by atoms with Crippen molar-refractivity contribution in [3.63, 3.8) is 0 Å². The molecule has 1 fully saturated rings. The summed E-state index contributed by atoms with van der Waals surface area (Å²) in [5, 5.41) is 3.50. The zero-order valence-electron chi connectivity index (χ0n) is 10.00. The molecule has 0 radical (unpaired) electrons. The van der Waals surface area contributed by atoms with Crippen molar-refractivity contribution in [1.29, 1.82) is 0 Å². The Morgan fingerprint density at radius 2 is 2.29 bits per heavy atom. The van der Waals surface area contributed by atoms with Gasteiger partial charge in [-0.15, -0.1) is 11.6 Å². The van der Waals surface area contributed by atoms with Crippen LogP contribution in [0.2, 0.25) is 0 Å². The maximum absolute atomic E-state index is 6.17. The van der Waals surface area contributed by atoms with E-state index in [1.165, 1.54) is 0 Å². The normalized spacial score (nSPS) is 26.2. The molecule has 1 aromatic heterocycles. The molecule has 6 heteroatoms. The van der Waals surface area contributed by atoms with Gasteiger partial charge in [-0.3, -0.25) is 0 Å². The van der Waals surface area contributed by atoms with Gasteiger partial charge in [-0.2, -0.15) is 4.98 Å². The van der Waals surface area contributed by atoms with Crippen LogP contribution in [0.4, 0.5) is 5.95 Å². The van der Waals surface area contributed by atoms with E-state index in [2.05, 4.69) is 45.1 Å². The molecule has 1 heterocycles. The number of halogens is 2. The van der Waals surface area contributed by atoms with Gasteiger partial charge in [0.2, 0.25) is 11.8 Å². The first-order valence-electron chi connectivity index (χ1n) is 5.42. The third kappa shape index (κ3) is 2.36. The van der Waals surface area contributed by atoms with Crippen LogP contribution in [0.3, 0.4) is 0 Å². The molecule has 4 nitrogen and oxygen atoms in total. The van der Waals surface area contributed by atoms with Crippen molar-refractivity contribution in [2.45, 2.75) is 31.7 Å². The molecule has 17 heavy (non-hydrogen) atoms. The lowest BCUT2D eigenvalue weighted by atomic mass is 9.67. The van der Waals surface area contributed by atoms with E-state index >= 15 is 0 Å². The summed E-state index contributed by atoms with van der Waals surface area (Å²) < 4.78 is 5.87. The molecule has 0 aliphatic heterocycles. The number of rotatable bonds is 3. The van der Waals surface area contributed by atoms with Gasteiger partial charge in [-0.1, -0.05) is 13.8 Å². The summed E-state index contributed by atoms with van der Waals surface area (Å²) >= 11 is 9.49. The summed E-state index contributed by atoms with van der Waals surface area (Å²) in [6.07, 6.45) is 2.61. The van der Waals surface area contributed by atoms with Gasteiger partial charge < -0.3 is 10.1 Å². The third-order valence-corrected chi connectivity index (χ3v) is 4.64. The zero-order chi connectivity index (χ0) is 12.6. The lowest BCUT2D eigenvalue weighted by Crippen LogP contribution is -2.54. The summed E-state index contributed by atoms with van der Waals surface area (Å²) in [5.41, 5.74) is 0.0607. The lowest BCUT2D eigenvalue weighted by molar-refractivity contribution is 0.167. The Morgan fingerprint density at radius 3 is 2.82 bits per heavy atom. The molecule has 2 rings (SSSR count). The highest BCUT2D eigenvalue weighted by atomic mass is 79.9. The second-order valence-corrected chi connectivity index (χ2v) is 6.15. The van der Waals surface area contributed by atoms with Gasteiger partial charge in [0.15, 0.2) is 0 Å². The SMILES string of the molecule is COc1nc(NC2CC(Cl)C2(C)C)ncc1Br. The van der Waals surface area contributed by atoms with Crippen molar-refractivity contribution in [1.82, 2.24) is 9.97 Å². The molecule has 0 spiro atoms. The number of nitrogens with zero attached hydrogens (tertiary/aromatic N) is 2. The van der Waals surface area contributed by atoms with E-state index < -0.39 is 0 Å². The van der Waals surface area contributed by atoms with E-state index in [9.17, 15) is 0 Å². The van der Waals surface area contributed by atoms with Crippen molar-refractivity contribution >= 4 is 33.5 Å². The van der Waals surface area contributed by atoms with Gasteiger partial charge in [-0.05, 0) is 22.4 Å². The van der Waals surface area contributed by atoms with Crippen LogP contribution in [-0.2, 0) is 0 Å². The van der Waals surface area contributed by atoms with Gasteiger partial charge in [0, 0.05) is 16.8 Å². The van der Waals surface area contributed by atoms with Crippen molar-refractivity contribution in [2.75, 3.05) is 12.4 Å². The van der Waals surface area contributed by atoms with E-state index in [0.29, 0.717) is 17.9 Å². The van der Waals surface area contributed by atoms with E-state index in [1.54, 1.807) is 13.3 Å². The van der Waals surface area contributed by atoms with E-state index in [1.807, 2.05) is 0 Å². The highest BCUT2D eigenvalue weighted by Gasteiger charge is 2.47. The molecule has 0 aromatic carbocycles. The zero-order valence-corrected chi connectivity index (χ0v) is 12.3. The third-order valence-electron chi connectivity index (χ3n) is 3.36. The number of methoxy groups -OCH3 is 1. The van der Waals surface area contributed by atoms with Crippen LogP contribution in [0, 0.1) is 5.41 Å². The van der Waals surface area contributed by atoms with Gasteiger partial charge in [0.05, 0.1) is 17.8 Å². The maximum Gasteiger partial charge on any atom is 0.232 e. The predicted octanol–water partition coefficient (Wildman–Crippen LogP) is 3.07. The first-order chi connectivity index (χ1) is 7.95. The Kier molecular flexibility index (Phi) is 3.50. The Labute approximate surface area is 114 Å². The van der Waals surface area contributed by atoms with Gasteiger partial charge in [-0.25, -0.2) is 4.98 Å². The molecular formula is C11H15BrClN3O. The largest absolute Gasteiger partial charge is 0.480 e. The van der Waals surface area contributed by atoms with Crippen LogP contribution >= 0.6 is 27.5 Å². The van der Waals surface area contributed by atoms with E-state index in [0.717, 1.165) is 10.9 Å². The standard InChI is InChI=1S/C11H15BrClN3O/c1-11(2)7(13)4-8(11)15-10-14-5-6(12)9(16-10)17-3/h5,7-8H,4H2,1-3H3,(H,14,15,16). The average molecular weight is 321 g/mol. The van der Waals surface area contributed by atoms with Gasteiger partial charge >= 0.3 is 0 Å². The quantitative estimate of drug-likeness (QED) is 0.870. The maximum atomic E-state index is 6.17. The summed E-state index contributed by atoms with van der Waals surface area (Å²) in [4.78, 5) is 8.48. The van der Waals surface area contributed by atoms with Crippen molar-refractivity contribution in [2.24, 2.45) is 5.41 Å². The van der Waals surface area contributed by atoms with Crippen molar-refractivity contribution < 1.29 is 4.74 Å². The highest BCUT2D eigenvalue weighted by molar-refractivity contribution is 9.10. The van der Waals surface area contributed by atoms with Gasteiger partial charge in [0.1, 0.15) is 0 Å². The molecule has 1 aliphatic rings. The number of nitrogens with one attached hydrogen (secondary N) is 1. The van der Waals surface area contributed by atoms with Crippen LogP contribution < -0.4 is 10.1 Å². The summed E-state index contributed by atoms with van der Waals surface area (Å²) in [7, 11) is 1.58. The molecule has 1 aliphatic carbocycles. The molecule has 0 amide bonds. The lowest BCUT2D eigenvalue weighted by Gasteiger charge is -2.49. The van der Waals surface area contributed by atoms with Crippen LogP contribution in [-0.4, -0.2) is 28.5 Å². The Balaban J connectivity index is 2.10. The second-order valence-electron chi connectivity index (χ2n) is 4.77. The van der Waals surface area contributed by atoms with Crippen LogP contribution in [0.1, 0.15) is 20.3 Å². The van der Waals surface area contributed by atoms with E-state index in [-0.39, 0.29) is 10.8 Å². The number of alkyl halides is 1. The highest BCUT2D eigenvalue weighted by Crippen LogP contribution is 2.45. The minimum atomic E-state index is 0.0607. The first kappa shape index (κ1) is 12.9. The Hall–Kier alpha value is -0.550. The smallest absolute Gasteiger partial charge is 0.232 e. The Bertz CT molecular complexity index is 427.